The van der Waals surface area contributed by atoms with Crippen LogP contribution < -0.4 is 10.2 Å². The lowest BCUT2D eigenvalue weighted by atomic mass is 9.82. The second kappa shape index (κ2) is 6.00. The Bertz CT molecular complexity index is 473. The lowest BCUT2D eigenvalue weighted by molar-refractivity contribution is 0.279. The molecule has 0 radical (unpaired) electrons. The van der Waals surface area contributed by atoms with Crippen molar-refractivity contribution in [2.45, 2.75) is 66.5 Å². The molecule has 1 aromatic carbocycles. The Hall–Kier alpha value is -1.02. The number of aryl methyl sites for hydroxylation is 1. The van der Waals surface area contributed by atoms with Crippen molar-refractivity contribution in [2.75, 3.05) is 18.0 Å². The Morgan fingerprint density at radius 2 is 1.76 bits per heavy atom. The third kappa shape index (κ3) is 4.74. The maximum atomic E-state index is 3.56. The number of benzene rings is 1. The first-order chi connectivity index (χ1) is 9.66. The van der Waals surface area contributed by atoms with Crippen molar-refractivity contribution in [1.82, 2.24) is 5.32 Å². The van der Waals surface area contributed by atoms with Gasteiger partial charge in [-0.1, -0.05) is 26.0 Å². The van der Waals surface area contributed by atoms with Gasteiger partial charge in [0.05, 0.1) is 0 Å². The minimum Gasteiger partial charge on any atom is -0.371 e. The largest absolute Gasteiger partial charge is 0.371 e. The number of hydrogen-bond acceptors (Lipinski definition) is 2. The van der Waals surface area contributed by atoms with Crippen LogP contribution in [0.25, 0.3) is 0 Å². The van der Waals surface area contributed by atoms with Crippen LogP contribution in [0.3, 0.4) is 0 Å². The second-order valence-electron chi connectivity index (χ2n) is 8.38. The maximum absolute atomic E-state index is 3.56. The third-order valence-electron chi connectivity index (χ3n) is 4.54. The van der Waals surface area contributed by atoms with Gasteiger partial charge in [-0.2, -0.15) is 0 Å². The standard InChI is InChI=1S/C19H32N2/c1-15-13-16(14-20-18(2,3)4)7-8-17(15)21-11-9-19(5,6)10-12-21/h7-8,13,20H,9-12,14H2,1-6H3. The Morgan fingerprint density at radius 1 is 1.14 bits per heavy atom. The van der Waals surface area contributed by atoms with E-state index in [1.165, 1.54) is 42.7 Å². The summed E-state index contributed by atoms with van der Waals surface area (Å²) in [5.41, 5.74) is 4.89. The Balaban J connectivity index is 2.03. The number of nitrogens with zero attached hydrogens (tertiary/aromatic N) is 1. The SMILES string of the molecule is Cc1cc(CNC(C)(C)C)ccc1N1CCC(C)(C)CC1. The molecule has 1 saturated heterocycles. The monoisotopic (exact) mass is 288 g/mol. The van der Waals surface area contributed by atoms with Crippen molar-refractivity contribution in [3.8, 4) is 0 Å². The topological polar surface area (TPSA) is 15.3 Å². The predicted molar refractivity (Wildman–Crippen MR) is 93.0 cm³/mol. The molecular weight excluding hydrogens is 256 g/mol. The summed E-state index contributed by atoms with van der Waals surface area (Å²) in [6.07, 6.45) is 2.58. The van der Waals surface area contributed by atoms with Gasteiger partial charge in [-0.15, -0.1) is 0 Å². The van der Waals surface area contributed by atoms with Crippen LogP contribution in [0.1, 0.15) is 58.6 Å². The molecule has 118 valence electrons. The van der Waals surface area contributed by atoms with Crippen LogP contribution >= 0.6 is 0 Å². The Kier molecular flexibility index (Phi) is 4.67. The van der Waals surface area contributed by atoms with E-state index in [2.05, 4.69) is 70.0 Å². The molecule has 0 unspecified atom stereocenters. The van der Waals surface area contributed by atoms with Gasteiger partial charge < -0.3 is 10.2 Å². The molecule has 0 aliphatic carbocycles. The molecule has 0 aromatic heterocycles. The smallest absolute Gasteiger partial charge is 0.0396 e. The highest BCUT2D eigenvalue weighted by Gasteiger charge is 2.25. The average Bonchev–Trinajstić information content (AvgIpc) is 2.36. The van der Waals surface area contributed by atoms with E-state index in [-0.39, 0.29) is 5.54 Å². The summed E-state index contributed by atoms with van der Waals surface area (Å²) in [4.78, 5) is 2.56. The van der Waals surface area contributed by atoms with Crippen LogP contribution in [0.4, 0.5) is 5.69 Å². The summed E-state index contributed by atoms with van der Waals surface area (Å²) in [6, 6.07) is 6.93. The highest BCUT2D eigenvalue weighted by Crippen LogP contribution is 2.33. The Labute approximate surface area is 130 Å². The van der Waals surface area contributed by atoms with Gasteiger partial charge in [-0.3, -0.25) is 0 Å². The predicted octanol–water partition coefficient (Wildman–Crippen LogP) is 4.51. The fraction of sp³-hybridized carbons (Fsp3) is 0.684. The molecule has 0 saturated carbocycles. The van der Waals surface area contributed by atoms with Gasteiger partial charge in [0.15, 0.2) is 0 Å². The molecule has 1 N–H and O–H groups in total. The first kappa shape index (κ1) is 16.4. The van der Waals surface area contributed by atoms with Gasteiger partial charge in [0.25, 0.3) is 0 Å². The summed E-state index contributed by atoms with van der Waals surface area (Å²) >= 11 is 0. The van der Waals surface area contributed by atoms with Crippen molar-refractivity contribution < 1.29 is 0 Å². The molecule has 0 amide bonds. The van der Waals surface area contributed by atoms with Gasteiger partial charge in [-0.25, -0.2) is 0 Å². The summed E-state index contributed by atoms with van der Waals surface area (Å²) in [7, 11) is 0. The first-order valence-corrected chi connectivity index (χ1v) is 8.26. The van der Waals surface area contributed by atoms with E-state index in [0.717, 1.165) is 6.54 Å². The molecule has 0 bridgehead atoms. The summed E-state index contributed by atoms with van der Waals surface area (Å²) < 4.78 is 0. The molecular formula is C19H32N2. The van der Waals surface area contributed by atoms with E-state index in [9.17, 15) is 0 Å². The van der Waals surface area contributed by atoms with Gasteiger partial charge in [0.1, 0.15) is 0 Å². The summed E-state index contributed by atoms with van der Waals surface area (Å²) in [6.45, 7) is 17.0. The van der Waals surface area contributed by atoms with Gasteiger partial charge in [0, 0.05) is 30.9 Å². The zero-order chi connectivity index (χ0) is 15.7. The van der Waals surface area contributed by atoms with E-state index in [1.54, 1.807) is 0 Å². The van der Waals surface area contributed by atoms with E-state index in [0.29, 0.717) is 5.41 Å². The quantitative estimate of drug-likeness (QED) is 0.880. The number of nitrogens with one attached hydrogen (secondary N) is 1. The lowest BCUT2D eigenvalue weighted by Crippen LogP contribution is -2.37. The molecule has 0 spiro atoms. The molecule has 2 nitrogen and oxygen atoms in total. The van der Waals surface area contributed by atoms with E-state index >= 15 is 0 Å². The Morgan fingerprint density at radius 3 is 2.29 bits per heavy atom. The molecule has 2 heteroatoms. The van der Waals surface area contributed by atoms with Crippen molar-refractivity contribution in [3.05, 3.63) is 29.3 Å². The highest BCUT2D eigenvalue weighted by atomic mass is 15.1. The van der Waals surface area contributed by atoms with E-state index < -0.39 is 0 Å². The molecule has 1 aliphatic heterocycles. The molecule has 1 aromatic rings. The summed E-state index contributed by atoms with van der Waals surface area (Å²) in [5, 5.41) is 3.56. The third-order valence-corrected chi connectivity index (χ3v) is 4.54. The molecule has 2 rings (SSSR count). The lowest BCUT2D eigenvalue weighted by Gasteiger charge is -2.39. The maximum Gasteiger partial charge on any atom is 0.0396 e. The number of piperidine rings is 1. The van der Waals surface area contributed by atoms with Crippen molar-refractivity contribution >= 4 is 5.69 Å². The fourth-order valence-electron chi connectivity index (χ4n) is 2.90. The first-order valence-electron chi connectivity index (χ1n) is 8.26. The molecule has 1 heterocycles. The van der Waals surface area contributed by atoms with Crippen LogP contribution in [0.5, 0.6) is 0 Å². The highest BCUT2D eigenvalue weighted by molar-refractivity contribution is 5.54. The van der Waals surface area contributed by atoms with Crippen LogP contribution in [0.15, 0.2) is 18.2 Å². The van der Waals surface area contributed by atoms with Crippen LogP contribution in [-0.2, 0) is 6.54 Å². The van der Waals surface area contributed by atoms with Crippen molar-refractivity contribution in [3.63, 3.8) is 0 Å². The molecule has 1 fully saturated rings. The van der Waals surface area contributed by atoms with Gasteiger partial charge >= 0.3 is 0 Å². The second-order valence-corrected chi connectivity index (χ2v) is 8.38. The van der Waals surface area contributed by atoms with Gasteiger partial charge in [-0.05, 0) is 63.1 Å². The normalized spacial score (nSPS) is 18.9. The average molecular weight is 288 g/mol. The molecule has 1 aliphatic rings. The van der Waals surface area contributed by atoms with Crippen LogP contribution in [0.2, 0.25) is 0 Å². The van der Waals surface area contributed by atoms with E-state index in [4.69, 9.17) is 0 Å². The van der Waals surface area contributed by atoms with Crippen LogP contribution in [-0.4, -0.2) is 18.6 Å². The number of rotatable bonds is 3. The molecule has 21 heavy (non-hydrogen) atoms. The molecule has 0 atom stereocenters. The number of hydrogen-bond donors (Lipinski definition) is 1. The van der Waals surface area contributed by atoms with Crippen molar-refractivity contribution in [1.29, 1.82) is 0 Å². The van der Waals surface area contributed by atoms with Gasteiger partial charge in [0.2, 0.25) is 0 Å². The fourth-order valence-corrected chi connectivity index (χ4v) is 2.90. The zero-order valence-corrected chi connectivity index (χ0v) is 14.7. The van der Waals surface area contributed by atoms with E-state index in [1.807, 2.05) is 0 Å². The minimum absolute atomic E-state index is 0.172. The zero-order valence-electron chi connectivity index (χ0n) is 14.7. The van der Waals surface area contributed by atoms with Crippen LogP contribution in [0, 0.1) is 12.3 Å². The summed E-state index contributed by atoms with van der Waals surface area (Å²) in [5.74, 6) is 0. The minimum atomic E-state index is 0.172. The van der Waals surface area contributed by atoms with Crippen molar-refractivity contribution in [2.24, 2.45) is 5.41 Å². The number of anilines is 1.